The predicted molar refractivity (Wildman–Crippen MR) is 70.9 cm³/mol. The number of hydrogen-bond acceptors (Lipinski definition) is 5. The Hall–Kier alpha value is -2.32. The maximum absolute atomic E-state index is 11.0. The van der Waals surface area contributed by atoms with Gasteiger partial charge >= 0.3 is 11.8 Å². The van der Waals surface area contributed by atoms with E-state index in [-0.39, 0.29) is 11.7 Å². The van der Waals surface area contributed by atoms with Gasteiger partial charge in [-0.25, -0.2) is 9.48 Å². The van der Waals surface area contributed by atoms with Crippen LogP contribution in [0.5, 0.6) is 0 Å². The molecule has 1 aromatic heterocycles. The summed E-state index contributed by atoms with van der Waals surface area (Å²) in [6, 6.07) is -0.107. The molecule has 2 N–H and O–H groups in total. The number of carboxylic acid groups (broad SMARTS) is 1. The van der Waals surface area contributed by atoms with Gasteiger partial charge in [-0.05, 0) is 19.3 Å². The third-order valence-electron chi connectivity index (χ3n) is 3.44. The molecule has 1 aromatic rings. The van der Waals surface area contributed by atoms with Crippen LogP contribution in [0.4, 0.5) is 16.3 Å². The number of carbonyl (C=O) groups is 1. The van der Waals surface area contributed by atoms with Crippen molar-refractivity contribution in [3.8, 4) is 0 Å². The molecule has 0 spiro atoms. The van der Waals surface area contributed by atoms with Crippen molar-refractivity contribution in [2.45, 2.75) is 25.3 Å². The van der Waals surface area contributed by atoms with E-state index >= 15 is 0 Å². The van der Waals surface area contributed by atoms with Gasteiger partial charge in [0.15, 0.2) is 0 Å². The van der Waals surface area contributed by atoms with Gasteiger partial charge in [-0.15, -0.1) is 0 Å². The molecule has 2 heterocycles. The first-order valence-electron chi connectivity index (χ1n) is 6.40. The molecule has 0 aliphatic carbocycles. The first-order chi connectivity index (χ1) is 9.49. The van der Waals surface area contributed by atoms with Gasteiger partial charge in [0.25, 0.3) is 0 Å². The fourth-order valence-electron chi connectivity index (χ4n) is 2.54. The number of aryl methyl sites for hydroxylation is 1. The standard InChI is InChI=1S/C11H17N5O4/c1-14-10(9(7-12-14)16(19)20)15-5-2-3-8(4-6-15)13-11(17)18/h7-8,13H,2-6H2,1H3,(H,17,18). The lowest BCUT2D eigenvalue weighted by atomic mass is 10.1. The second kappa shape index (κ2) is 5.76. The minimum atomic E-state index is -1.03. The van der Waals surface area contributed by atoms with Crippen molar-refractivity contribution in [3.05, 3.63) is 16.3 Å². The maximum Gasteiger partial charge on any atom is 0.404 e. The van der Waals surface area contributed by atoms with Crippen molar-refractivity contribution in [1.82, 2.24) is 15.1 Å². The molecule has 1 saturated heterocycles. The van der Waals surface area contributed by atoms with Gasteiger partial charge < -0.3 is 15.3 Å². The molecule has 0 radical (unpaired) electrons. The molecule has 0 saturated carbocycles. The van der Waals surface area contributed by atoms with Gasteiger partial charge in [-0.2, -0.15) is 5.10 Å². The van der Waals surface area contributed by atoms with Gasteiger partial charge in [0.2, 0.25) is 5.82 Å². The Morgan fingerprint density at radius 3 is 2.95 bits per heavy atom. The Balaban J connectivity index is 2.12. The molecule has 1 fully saturated rings. The Labute approximate surface area is 115 Å². The minimum absolute atomic E-state index is 0.0165. The first kappa shape index (κ1) is 14.1. The third kappa shape index (κ3) is 2.98. The summed E-state index contributed by atoms with van der Waals surface area (Å²) < 4.78 is 1.49. The number of nitrogens with zero attached hydrogens (tertiary/aromatic N) is 4. The van der Waals surface area contributed by atoms with Crippen molar-refractivity contribution in [1.29, 1.82) is 0 Å². The summed E-state index contributed by atoms with van der Waals surface area (Å²) in [5.74, 6) is 0.478. The summed E-state index contributed by atoms with van der Waals surface area (Å²) in [6.07, 6.45) is 2.33. The Morgan fingerprint density at radius 2 is 2.30 bits per heavy atom. The smallest absolute Gasteiger partial charge is 0.404 e. The van der Waals surface area contributed by atoms with Gasteiger partial charge in [-0.1, -0.05) is 0 Å². The molecular formula is C11H17N5O4. The van der Waals surface area contributed by atoms with E-state index in [0.717, 1.165) is 12.8 Å². The zero-order valence-electron chi connectivity index (χ0n) is 11.2. The van der Waals surface area contributed by atoms with Crippen LogP contribution in [-0.2, 0) is 7.05 Å². The van der Waals surface area contributed by atoms with Gasteiger partial charge in [-0.3, -0.25) is 10.1 Å². The lowest BCUT2D eigenvalue weighted by Crippen LogP contribution is -2.34. The molecule has 1 atom stereocenters. The van der Waals surface area contributed by atoms with Crippen LogP contribution in [-0.4, -0.2) is 45.0 Å². The van der Waals surface area contributed by atoms with E-state index in [0.29, 0.717) is 25.3 Å². The second-order valence-electron chi connectivity index (χ2n) is 4.80. The summed E-state index contributed by atoms with van der Waals surface area (Å²) in [4.78, 5) is 23.1. The minimum Gasteiger partial charge on any atom is -0.465 e. The summed E-state index contributed by atoms with van der Waals surface area (Å²) in [5, 5.41) is 26.2. The van der Waals surface area contributed by atoms with E-state index < -0.39 is 11.0 Å². The average Bonchev–Trinajstić information content (AvgIpc) is 2.60. The highest BCUT2D eigenvalue weighted by Crippen LogP contribution is 2.28. The quantitative estimate of drug-likeness (QED) is 0.630. The van der Waals surface area contributed by atoms with Crippen LogP contribution < -0.4 is 10.2 Å². The molecule has 0 bridgehead atoms. The van der Waals surface area contributed by atoms with Crippen LogP contribution in [0, 0.1) is 10.1 Å². The van der Waals surface area contributed by atoms with Crippen LogP contribution >= 0.6 is 0 Å². The number of amides is 1. The topological polar surface area (TPSA) is 114 Å². The van der Waals surface area contributed by atoms with E-state index in [9.17, 15) is 14.9 Å². The molecule has 9 nitrogen and oxygen atoms in total. The summed E-state index contributed by atoms with van der Waals surface area (Å²) in [5.41, 5.74) is -0.0165. The zero-order valence-corrected chi connectivity index (χ0v) is 11.2. The van der Waals surface area contributed by atoms with Crippen LogP contribution in [0.15, 0.2) is 6.20 Å². The molecule has 2 rings (SSSR count). The van der Waals surface area contributed by atoms with Gasteiger partial charge in [0.1, 0.15) is 6.20 Å². The summed E-state index contributed by atoms with van der Waals surface area (Å²) in [6.45, 7) is 1.21. The Kier molecular flexibility index (Phi) is 4.06. The van der Waals surface area contributed by atoms with Crippen molar-refractivity contribution in [2.75, 3.05) is 18.0 Å². The lowest BCUT2D eigenvalue weighted by Gasteiger charge is -2.21. The molecule has 1 aliphatic rings. The van der Waals surface area contributed by atoms with Crippen molar-refractivity contribution in [2.24, 2.45) is 7.05 Å². The highest BCUT2D eigenvalue weighted by molar-refractivity contribution is 5.65. The molecule has 20 heavy (non-hydrogen) atoms. The molecule has 0 aromatic carbocycles. The molecule has 110 valence electrons. The number of rotatable bonds is 3. The molecule has 1 amide bonds. The largest absolute Gasteiger partial charge is 0.465 e. The summed E-state index contributed by atoms with van der Waals surface area (Å²) in [7, 11) is 1.67. The molecule has 9 heteroatoms. The zero-order chi connectivity index (χ0) is 14.7. The molecular weight excluding hydrogens is 266 g/mol. The SMILES string of the molecule is Cn1ncc([N+](=O)[O-])c1N1CCCC(NC(=O)O)CC1. The molecule has 1 aliphatic heterocycles. The fraction of sp³-hybridized carbons (Fsp3) is 0.636. The summed E-state index contributed by atoms with van der Waals surface area (Å²) >= 11 is 0. The highest BCUT2D eigenvalue weighted by atomic mass is 16.6. The second-order valence-corrected chi connectivity index (χ2v) is 4.80. The number of nitrogens with one attached hydrogen (secondary N) is 1. The van der Waals surface area contributed by atoms with E-state index in [4.69, 9.17) is 5.11 Å². The first-order valence-corrected chi connectivity index (χ1v) is 6.40. The maximum atomic E-state index is 11.0. The van der Waals surface area contributed by atoms with Crippen molar-refractivity contribution >= 4 is 17.6 Å². The van der Waals surface area contributed by atoms with Crippen molar-refractivity contribution in [3.63, 3.8) is 0 Å². The number of aromatic nitrogens is 2. The van der Waals surface area contributed by atoms with Crippen LogP contribution in [0.25, 0.3) is 0 Å². The average molecular weight is 283 g/mol. The lowest BCUT2D eigenvalue weighted by molar-refractivity contribution is -0.384. The molecule has 1 unspecified atom stereocenters. The predicted octanol–water partition coefficient (Wildman–Crippen LogP) is 0.955. The number of nitro groups is 1. The van der Waals surface area contributed by atoms with E-state index in [1.165, 1.54) is 10.9 Å². The monoisotopic (exact) mass is 283 g/mol. The third-order valence-corrected chi connectivity index (χ3v) is 3.44. The highest BCUT2D eigenvalue weighted by Gasteiger charge is 2.27. The fourth-order valence-corrected chi connectivity index (χ4v) is 2.54. The number of hydrogen-bond donors (Lipinski definition) is 2. The van der Waals surface area contributed by atoms with Crippen molar-refractivity contribution < 1.29 is 14.8 Å². The number of anilines is 1. The van der Waals surface area contributed by atoms with Gasteiger partial charge in [0, 0.05) is 26.2 Å². The van der Waals surface area contributed by atoms with Gasteiger partial charge in [0.05, 0.1) is 4.92 Å². The van der Waals surface area contributed by atoms with Crippen LogP contribution in [0.3, 0.4) is 0 Å². The van der Waals surface area contributed by atoms with E-state index in [1.807, 2.05) is 4.90 Å². The normalized spacial score (nSPS) is 19.4. The van der Waals surface area contributed by atoms with E-state index in [1.54, 1.807) is 7.05 Å². The Bertz CT molecular complexity index is 515. The van der Waals surface area contributed by atoms with E-state index in [2.05, 4.69) is 10.4 Å². The van der Waals surface area contributed by atoms with Crippen LogP contribution in [0.2, 0.25) is 0 Å². The Morgan fingerprint density at radius 1 is 1.55 bits per heavy atom. The van der Waals surface area contributed by atoms with Crippen LogP contribution in [0.1, 0.15) is 19.3 Å².